The van der Waals surface area contributed by atoms with Crippen molar-refractivity contribution < 1.29 is 28.4 Å². The molecule has 0 spiro atoms. The van der Waals surface area contributed by atoms with E-state index in [1.165, 1.54) is 0 Å². The van der Waals surface area contributed by atoms with Gasteiger partial charge < -0.3 is 36.1 Å². The first-order chi connectivity index (χ1) is 20.3. The second-order valence-electron chi connectivity index (χ2n) is 11.1. The highest BCUT2D eigenvalue weighted by molar-refractivity contribution is 6.31. The number of carbonyl (C=O) groups excluding carboxylic acids is 3. The Kier molecular flexibility index (Phi) is 9.48. The number of methoxy groups -OCH3 is 1. The quantitative estimate of drug-likeness (QED) is 0.335. The van der Waals surface area contributed by atoms with Gasteiger partial charge in [0.1, 0.15) is 17.9 Å². The van der Waals surface area contributed by atoms with Crippen molar-refractivity contribution in [3.63, 3.8) is 0 Å². The minimum Gasteiger partial charge on any atom is -0.497 e. The van der Waals surface area contributed by atoms with Crippen LogP contribution in [0, 0.1) is 0 Å². The number of anilines is 2. The first kappa shape index (κ1) is 31.6. The Balaban J connectivity index is 1.60. The van der Waals surface area contributed by atoms with E-state index in [-0.39, 0.29) is 47.6 Å². The van der Waals surface area contributed by atoms with E-state index < -0.39 is 11.5 Å². The van der Waals surface area contributed by atoms with Gasteiger partial charge in [0.2, 0.25) is 0 Å². The van der Waals surface area contributed by atoms with Gasteiger partial charge in [0, 0.05) is 32.2 Å². The van der Waals surface area contributed by atoms with Gasteiger partial charge in [0.15, 0.2) is 40.1 Å². The third kappa shape index (κ3) is 7.19. The van der Waals surface area contributed by atoms with Crippen molar-refractivity contribution in [2.45, 2.75) is 59.4 Å². The number of hydrogen-bond acceptors (Lipinski definition) is 9. The van der Waals surface area contributed by atoms with Gasteiger partial charge in [-0.05, 0) is 46.2 Å². The first-order valence-corrected chi connectivity index (χ1v) is 14.4. The maximum atomic E-state index is 13.7. The Morgan fingerprint density at radius 3 is 2.44 bits per heavy atom. The van der Waals surface area contributed by atoms with Crippen molar-refractivity contribution in [3.8, 4) is 5.75 Å². The number of carbonyl (C=O) groups is 3. The second-order valence-corrected chi connectivity index (χ2v) is 11.5. The minimum absolute atomic E-state index is 0.0170. The topological polar surface area (TPSA) is 175 Å². The standard InChI is InChI=1S/C28H38ClN9O5/c1-6-37-19-14-17(42-5)8-9-18(19)38(20(37)15-32-26(40)22-24(30)34-25(31)23(29)33-22)16-21(39)35-10-7-11-36(13-12-35)27(41)43-28(2,3)4/h8-9,14H,6-7,10-13,15-16H2,1-5H3,(H4-,30,31,32,34,40)/p+1. The van der Waals surface area contributed by atoms with Crippen molar-refractivity contribution in [1.82, 2.24) is 29.7 Å². The van der Waals surface area contributed by atoms with Gasteiger partial charge in [-0.15, -0.1) is 0 Å². The van der Waals surface area contributed by atoms with Crippen LogP contribution in [0.1, 0.15) is 50.4 Å². The number of nitrogen functional groups attached to an aromatic ring is 2. The lowest BCUT2D eigenvalue weighted by Crippen LogP contribution is -2.49. The van der Waals surface area contributed by atoms with Crippen LogP contribution in [0.2, 0.25) is 5.15 Å². The molecule has 4 rings (SSSR count). The molecule has 1 saturated heterocycles. The summed E-state index contributed by atoms with van der Waals surface area (Å²) in [6.07, 6.45) is 0.237. The lowest BCUT2D eigenvalue weighted by Gasteiger charge is -2.26. The van der Waals surface area contributed by atoms with E-state index >= 15 is 0 Å². The summed E-state index contributed by atoms with van der Waals surface area (Å²) >= 11 is 5.97. The molecule has 232 valence electrons. The molecule has 0 saturated carbocycles. The zero-order valence-corrected chi connectivity index (χ0v) is 25.9. The maximum Gasteiger partial charge on any atom is 0.410 e. The van der Waals surface area contributed by atoms with Gasteiger partial charge in [-0.3, -0.25) is 9.59 Å². The molecule has 3 heterocycles. The number of aryl methyl sites for hydroxylation is 1. The number of hydrogen-bond donors (Lipinski definition) is 3. The van der Waals surface area contributed by atoms with Gasteiger partial charge >= 0.3 is 6.09 Å². The molecule has 3 aromatic rings. The highest BCUT2D eigenvalue weighted by atomic mass is 35.5. The third-order valence-electron chi connectivity index (χ3n) is 7.02. The number of aromatic nitrogens is 4. The number of imidazole rings is 1. The fraction of sp³-hybridized carbons (Fsp3) is 0.500. The van der Waals surface area contributed by atoms with E-state index in [1.807, 2.05) is 55.0 Å². The molecule has 1 aliphatic heterocycles. The fourth-order valence-corrected chi connectivity index (χ4v) is 5.11. The van der Waals surface area contributed by atoms with Crippen molar-refractivity contribution >= 4 is 52.2 Å². The lowest BCUT2D eigenvalue weighted by atomic mass is 10.2. The Morgan fingerprint density at radius 2 is 1.77 bits per heavy atom. The summed E-state index contributed by atoms with van der Waals surface area (Å²) in [5.74, 6) is 0.397. The van der Waals surface area contributed by atoms with Crippen molar-refractivity contribution in [2.75, 3.05) is 44.8 Å². The molecule has 1 aliphatic rings. The maximum absolute atomic E-state index is 13.7. The SMILES string of the molecule is CCn1c(CNC(=O)c2nc(Cl)c(N)nc2N)[n+](CC(=O)N2CCCN(C(=O)OC(C)(C)C)CC2)c2ccc(OC)cc21. The molecule has 1 aromatic carbocycles. The van der Waals surface area contributed by atoms with Crippen LogP contribution in [0.4, 0.5) is 16.4 Å². The zero-order valence-electron chi connectivity index (χ0n) is 25.1. The number of fused-ring (bicyclic) bond motifs is 1. The smallest absolute Gasteiger partial charge is 0.410 e. The number of amides is 3. The average molecular weight is 617 g/mol. The summed E-state index contributed by atoms with van der Waals surface area (Å²) in [5, 5.41) is 2.70. The molecule has 14 nitrogen and oxygen atoms in total. The van der Waals surface area contributed by atoms with Crippen molar-refractivity contribution in [2.24, 2.45) is 0 Å². The number of nitrogens with one attached hydrogen (secondary N) is 1. The van der Waals surface area contributed by atoms with Crippen LogP contribution in [0.25, 0.3) is 11.0 Å². The number of nitrogens with two attached hydrogens (primary N) is 2. The fourth-order valence-electron chi connectivity index (χ4n) is 4.98. The van der Waals surface area contributed by atoms with Crippen LogP contribution in [0.5, 0.6) is 5.75 Å². The van der Waals surface area contributed by atoms with E-state index in [2.05, 4.69) is 15.3 Å². The summed E-state index contributed by atoms with van der Waals surface area (Å²) in [4.78, 5) is 50.6. The number of ether oxygens (including phenoxy) is 2. The summed E-state index contributed by atoms with van der Waals surface area (Å²) in [6, 6.07) is 5.59. The molecule has 1 fully saturated rings. The van der Waals surface area contributed by atoms with E-state index in [1.54, 1.807) is 16.9 Å². The molecule has 0 atom stereocenters. The molecule has 0 unspecified atom stereocenters. The predicted octanol–water partition coefficient (Wildman–Crippen LogP) is 1.96. The summed E-state index contributed by atoms with van der Waals surface area (Å²) in [5.41, 5.74) is 12.4. The summed E-state index contributed by atoms with van der Waals surface area (Å²) in [6.45, 7) is 9.81. The molecule has 43 heavy (non-hydrogen) atoms. The van der Waals surface area contributed by atoms with Gasteiger partial charge in [-0.1, -0.05) is 11.6 Å². The number of nitrogens with zero attached hydrogens (tertiary/aromatic N) is 6. The normalized spacial score (nSPS) is 14.0. The van der Waals surface area contributed by atoms with Gasteiger partial charge in [0.05, 0.1) is 13.7 Å². The summed E-state index contributed by atoms with van der Waals surface area (Å²) in [7, 11) is 1.59. The van der Waals surface area contributed by atoms with E-state index in [0.717, 1.165) is 11.0 Å². The lowest BCUT2D eigenvalue weighted by molar-refractivity contribution is -0.668. The molecular weight excluding hydrogens is 578 g/mol. The largest absolute Gasteiger partial charge is 0.497 e. The highest BCUT2D eigenvalue weighted by Crippen LogP contribution is 2.22. The van der Waals surface area contributed by atoms with Gasteiger partial charge in [-0.2, -0.15) is 0 Å². The molecule has 5 N–H and O–H groups in total. The Bertz CT molecular complexity index is 1540. The second kappa shape index (κ2) is 12.9. The molecule has 3 amide bonds. The van der Waals surface area contributed by atoms with Crippen LogP contribution in [0.15, 0.2) is 18.2 Å². The van der Waals surface area contributed by atoms with Gasteiger partial charge in [0.25, 0.3) is 17.6 Å². The van der Waals surface area contributed by atoms with E-state index in [9.17, 15) is 14.4 Å². The summed E-state index contributed by atoms with van der Waals surface area (Å²) < 4.78 is 14.9. The Morgan fingerprint density at radius 1 is 1.07 bits per heavy atom. The van der Waals surface area contributed by atoms with Crippen LogP contribution in [-0.4, -0.2) is 81.1 Å². The molecule has 0 bridgehead atoms. The molecular formula is C28H39ClN9O5+. The first-order valence-electron chi connectivity index (χ1n) is 14.0. The zero-order chi connectivity index (χ0) is 31.5. The molecule has 0 radical (unpaired) electrons. The van der Waals surface area contributed by atoms with Crippen LogP contribution < -0.4 is 26.1 Å². The van der Waals surface area contributed by atoms with Crippen LogP contribution in [0.3, 0.4) is 0 Å². The predicted molar refractivity (Wildman–Crippen MR) is 160 cm³/mol. The Hall–Kier alpha value is -4.33. The molecule has 15 heteroatoms. The van der Waals surface area contributed by atoms with E-state index in [4.69, 9.17) is 32.5 Å². The van der Waals surface area contributed by atoms with Gasteiger partial charge in [-0.25, -0.2) is 23.9 Å². The highest BCUT2D eigenvalue weighted by Gasteiger charge is 2.31. The van der Waals surface area contributed by atoms with Crippen LogP contribution >= 0.6 is 11.6 Å². The van der Waals surface area contributed by atoms with E-state index in [0.29, 0.717) is 50.7 Å². The Labute approximate surface area is 254 Å². The molecule has 0 aliphatic carbocycles. The monoisotopic (exact) mass is 616 g/mol. The van der Waals surface area contributed by atoms with Crippen LogP contribution in [-0.2, 0) is 29.2 Å². The number of benzene rings is 1. The average Bonchev–Trinajstić information content (AvgIpc) is 3.07. The number of rotatable bonds is 7. The van der Waals surface area contributed by atoms with Crippen molar-refractivity contribution in [3.05, 3.63) is 34.9 Å². The molecule has 2 aromatic heterocycles. The number of halogens is 1. The third-order valence-corrected chi connectivity index (χ3v) is 7.30. The minimum atomic E-state index is -0.601. The van der Waals surface area contributed by atoms with Crippen molar-refractivity contribution in [1.29, 1.82) is 0 Å².